The van der Waals surface area contributed by atoms with Crippen LogP contribution in [0.1, 0.15) is 118 Å². The lowest BCUT2D eigenvalue weighted by atomic mass is 9.99. The molecule has 0 atom stereocenters. The zero-order chi connectivity index (χ0) is 37.5. The van der Waals surface area contributed by atoms with E-state index in [4.69, 9.17) is 23.7 Å². The van der Waals surface area contributed by atoms with Crippen LogP contribution in [0.15, 0.2) is 97.1 Å². The first-order valence-corrected chi connectivity index (χ1v) is 19.2. The first kappa shape index (κ1) is 40.8. The number of hydrogen-bond donors (Lipinski definition) is 0. The molecule has 0 bridgehead atoms. The lowest BCUT2D eigenvalue weighted by Crippen LogP contribution is -2.12. The van der Waals surface area contributed by atoms with Gasteiger partial charge in [-0.3, -0.25) is 4.79 Å². The smallest absolute Gasteiger partial charge is 0.344 e. The molecule has 0 saturated heterocycles. The van der Waals surface area contributed by atoms with E-state index in [0.29, 0.717) is 42.6 Å². The van der Waals surface area contributed by atoms with Crippen LogP contribution in [0.4, 0.5) is 0 Å². The summed E-state index contributed by atoms with van der Waals surface area (Å²) in [5, 5.41) is 0. The molecule has 0 N–H and O–H groups in total. The van der Waals surface area contributed by atoms with Crippen molar-refractivity contribution in [3.05, 3.63) is 108 Å². The average Bonchev–Trinajstić information content (AvgIpc) is 3.18. The fourth-order valence-electron chi connectivity index (χ4n) is 5.71. The molecule has 0 aromatic heterocycles. The Bertz CT molecular complexity index is 1670. The molecule has 8 heteroatoms. The Morgan fingerprint density at radius 1 is 0.491 bits per heavy atom. The number of unbranched alkanes of at least 4 members (excludes halogenated alkanes) is 10. The summed E-state index contributed by atoms with van der Waals surface area (Å²) in [5.74, 6) is 0.0137. The Labute approximate surface area is 314 Å². The monoisotopic (exact) mass is 722 g/mol. The van der Waals surface area contributed by atoms with Gasteiger partial charge in [0.2, 0.25) is 0 Å². The number of carbonyl (C=O) groups is 3. The SMILES string of the molecule is CCCCCCCCOCCC(=O)Oc1ccc(C(=O)Oc2ccc(OC(=O)c3cc(OCCCCCCCC)ccc3-c3ccccc3)cc2)cc1. The molecule has 8 nitrogen and oxygen atoms in total. The summed E-state index contributed by atoms with van der Waals surface area (Å²) in [6.07, 6.45) is 14.2. The maximum absolute atomic E-state index is 13.5. The van der Waals surface area contributed by atoms with E-state index in [0.717, 1.165) is 36.8 Å². The van der Waals surface area contributed by atoms with Gasteiger partial charge in [-0.05, 0) is 90.7 Å². The number of ether oxygens (including phenoxy) is 5. The molecule has 0 amide bonds. The maximum atomic E-state index is 13.5. The van der Waals surface area contributed by atoms with Crippen molar-refractivity contribution in [3.8, 4) is 34.1 Å². The van der Waals surface area contributed by atoms with E-state index in [-0.39, 0.29) is 17.7 Å². The van der Waals surface area contributed by atoms with Gasteiger partial charge in [-0.25, -0.2) is 9.59 Å². The van der Waals surface area contributed by atoms with Gasteiger partial charge in [0.1, 0.15) is 23.0 Å². The molecule has 53 heavy (non-hydrogen) atoms. The van der Waals surface area contributed by atoms with Crippen molar-refractivity contribution in [1.29, 1.82) is 0 Å². The van der Waals surface area contributed by atoms with Crippen LogP contribution in [-0.4, -0.2) is 37.7 Å². The summed E-state index contributed by atoms with van der Waals surface area (Å²) in [5.41, 5.74) is 2.30. The second-order valence-electron chi connectivity index (χ2n) is 13.1. The maximum Gasteiger partial charge on any atom is 0.344 e. The highest BCUT2D eigenvalue weighted by molar-refractivity contribution is 5.99. The summed E-state index contributed by atoms with van der Waals surface area (Å²) in [6.45, 7) is 5.94. The molecule has 4 rings (SSSR count). The summed E-state index contributed by atoms with van der Waals surface area (Å²) in [7, 11) is 0. The van der Waals surface area contributed by atoms with Crippen LogP contribution >= 0.6 is 0 Å². The zero-order valence-electron chi connectivity index (χ0n) is 31.3. The van der Waals surface area contributed by atoms with E-state index >= 15 is 0 Å². The highest BCUT2D eigenvalue weighted by atomic mass is 16.5. The Morgan fingerprint density at radius 2 is 1.02 bits per heavy atom. The minimum absolute atomic E-state index is 0.152. The normalized spacial score (nSPS) is 10.8. The molecular formula is C45H54O8. The molecule has 0 heterocycles. The molecule has 0 fully saturated rings. The van der Waals surface area contributed by atoms with Crippen molar-refractivity contribution in [3.63, 3.8) is 0 Å². The molecule has 0 saturated carbocycles. The third-order valence-corrected chi connectivity index (χ3v) is 8.72. The predicted octanol–water partition coefficient (Wildman–Crippen LogP) is 11.2. The van der Waals surface area contributed by atoms with Gasteiger partial charge in [0.05, 0.1) is 30.8 Å². The summed E-state index contributed by atoms with van der Waals surface area (Å²) < 4.78 is 28.2. The molecule has 0 aliphatic carbocycles. The van der Waals surface area contributed by atoms with Crippen LogP contribution in [0.5, 0.6) is 23.0 Å². The van der Waals surface area contributed by atoms with E-state index in [1.807, 2.05) is 42.5 Å². The molecule has 0 aliphatic rings. The molecule has 0 aliphatic heterocycles. The number of rotatable bonds is 24. The lowest BCUT2D eigenvalue weighted by molar-refractivity contribution is -0.135. The Balaban J connectivity index is 1.25. The van der Waals surface area contributed by atoms with Crippen molar-refractivity contribution >= 4 is 17.9 Å². The molecule has 282 valence electrons. The fourth-order valence-corrected chi connectivity index (χ4v) is 5.71. The molecular weight excluding hydrogens is 668 g/mol. The molecule has 0 spiro atoms. The van der Waals surface area contributed by atoms with Gasteiger partial charge in [0, 0.05) is 6.61 Å². The van der Waals surface area contributed by atoms with Gasteiger partial charge in [0.25, 0.3) is 0 Å². The predicted molar refractivity (Wildman–Crippen MR) is 208 cm³/mol. The minimum atomic E-state index is -0.582. The van der Waals surface area contributed by atoms with Crippen molar-refractivity contribution in [1.82, 2.24) is 0 Å². The van der Waals surface area contributed by atoms with Crippen molar-refractivity contribution < 1.29 is 38.1 Å². The molecule has 0 unspecified atom stereocenters. The van der Waals surface area contributed by atoms with Crippen LogP contribution in [-0.2, 0) is 9.53 Å². The third-order valence-electron chi connectivity index (χ3n) is 8.72. The number of esters is 3. The first-order valence-electron chi connectivity index (χ1n) is 19.2. The summed E-state index contributed by atoms with van der Waals surface area (Å²) >= 11 is 0. The van der Waals surface area contributed by atoms with Gasteiger partial charge < -0.3 is 23.7 Å². The molecule has 4 aromatic rings. The van der Waals surface area contributed by atoms with Gasteiger partial charge in [-0.2, -0.15) is 0 Å². The largest absolute Gasteiger partial charge is 0.494 e. The van der Waals surface area contributed by atoms with Crippen LogP contribution in [0.2, 0.25) is 0 Å². The second kappa shape index (κ2) is 23.6. The molecule has 0 radical (unpaired) electrons. The van der Waals surface area contributed by atoms with Gasteiger partial charge >= 0.3 is 17.9 Å². The van der Waals surface area contributed by atoms with Crippen LogP contribution < -0.4 is 18.9 Å². The van der Waals surface area contributed by atoms with Crippen LogP contribution in [0.25, 0.3) is 11.1 Å². The quantitative estimate of drug-likeness (QED) is 0.0400. The van der Waals surface area contributed by atoms with E-state index in [1.54, 1.807) is 42.5 Å². The van der Waals surface area contributed by atoms with Crippen molar-refractivity contribution in [2.45, 2.75) is 97.3 Å². The van der Waals surface area contributed by atoms with E-state index in [9.17, 15) is 14.4 Å². The number of hydrogen-bond acceptors (Lipinski definition) is 8. The molecule has 4 aromatic carbocycles. The van der Waals surface area contributed by atoms with Crippen LogP contribution in [0, 0.1) is 0 Å². The summed E-state index contributed by atoms with van der Waals surface area (Å²) in [6, 6.07) is 27.6. The van der Waals surface area contributed by atoms with Crippen molar-refractivity contribution in [2.24, 2.45) is 0 Å². The van der Waals surface area contributed by atoms with Gasteiger partial charge in [0.15, 0.2) is 0 Å². The summed E-state index contributed by atoms with van der Waals surface area (Å²) in [4.78, 5) is 38.5. The minimum Gasteiger partial charge on any atom is -0.494 e. The van der Waals surface area contributed by atoms with Crippen LogP contribution in [0.3, 0.4) is 0 Å². The van der Waals surface area contributed by atoms with Gasteiger partial charge in [-0.15, -0.1) is 0 Å². The van der Waals surface area contributed by atoms with Gasteiger partial charge in [-0.1, -0.05) is 108 Å². The standard InChI is InChI=1S/C45H54O8/c1-3-5-7-9-11-16-31-49-33-30-43(46)51-37-22-20-36(21-23-37)44(47)52-38-24-26-39(27-25-38)53-45(48)42-34-40(50-32-17-12-10-8-6-4-2)28-29-41(42)35-18-14-13-15-19-35/h13-15,18-29,34H,3-12,16-17,30-33H2,1-2H3. The Morgan fingerprint density at radius 3 is 1.66 bits per heavy atom. The number of carbonyl (C=O) groups excluding carboxylic acids is 3. The Hall–Kier alpha value is -4.95. The average molecular weight is 723 g/mol. The highest BCUT2D eigenvalue weighted by Crippen LogP contribution is 2.29. The second-order valence-corrected chi connectivity index (χ2v) is 13.1. The number of benzene rings is 4. The van der Waals surface area contributed by atoms with E-state index in [1.165, 1.54) is 63.5 Å². The lowest BCUT2D eigenvalue weighted by Gasteiger charge is -2.13. The highest BCUT2D eigenvalue weighted by Gasteiger charge is 2.18. The topological polar surface area (TPSA) is 97.4 Å². The fraction of sp³-hybridized carbons (Fsp3) is 0.400. The first-order chi connectivity index (χ1) is 26.0. The zero-order valence-corrected chi connectivity index (χ0v) is 31.3. The van der Waals surface area contributed by atoms with E-state index < -0.39 is 17.9 Å². The third kappa shape index (κ3) is 14.9. The Kier molecular flexibility index (Phi) is 18.2. The van der Waals surface area contributed by atoms with E-state index in [2.05, 4.69) is 13.8 Å². The van der Waals surface area contributed by atoms with Crippen molar-refractivity contribution in [2.75, 3.05) is 19.8 Å².